The first-order valence-corrected chi connectivity index (χ1v) is 14.7. The second-order valence-electron chi connectivity index (χ2n) is 11.5. The van der Waals surface area contributed by atoms with Crippen molar-refractivity contribution in [3.63, 3.8) is 0 Å². The van der Waals surface area contributed by atoms with Crippen molar-refractivity contribution in [2.75, 3.05) is 59.7 Å². The van der Waals surface area contributed by atoms with Crippen LogP contribution in [0, 0.1) is 34.7 Å². The average Bonchev–Trinajstić information content (AvgIpc) is 3.03. The molecule has 2 aliphatic heterocycles. The predicted octanol–water partition coefficient (Wildman–Crippen LogP) is 4.43. The Morgan fingerprint density at radius 1 is 1.05 bits per heavy atom. The maximum atomic E-state index is 13.5. The third-order valence-corrected chi connectivity index (χ3v) is 8.75. The number of rotatable bonds is 9. The van der Waals surface area contributed by atoms with Crippen molar-refractivity contribution in [3.05, 3.63) is 70.7 Å². The van der Waals surface area contributed by atoms with Crippen LogP contribution in [0.1, 0.15) is 48.5 Å². The smallest absolute Gasteiger partial charge is 0.194 e. The third kappa shape index (κ3) is 7.48. The quantitative estimate of drug-likeness (QED) is 0.279. The van der Waals surface area contributed by atoms with Crippen LogP contribution in [0.4, 0.5) is 13.2 Å². The summed E-state index contributed by atoms with van der Waals surface area (Å²) in [5.74, 6) is 2.30. The summed E-state index contributed by atoms with van der Waals surface area (Å²) in [7, 11) is 1.62. The molecular formula is C33H38F3N3O4. The SMILES string of the molecule is COc1ccc2ncc(CN3CCOCC3)c([C@H](O)CCC3(CO)CCN(CC#Cc4cc(F)c(F)c(F)c4)CC3)c2c1. The number of likely N-dealkylation sites (tertiary alicyclic amines) is 1. The summed E-state index contributed by atoms with van der Waals surface area (Å²) in [5, 5.41) is 23.0. The second kappa shape index (κ2) is 14.1. The van der Waals surface area contributed by atoms with Gasteiger partial charge in [0.2, 0.25) is 0 Å². The van der Waals surface area contributed by atoms with Gasteiger partial charge in [-0.15, -0.1) is 0 Å². The molecule has 2 N–H and O–H groups in total. The zero-order chi connectivity index (χ0) is 30.4. The first-order chi connectivity index (χ1) is 20.8. The van der Waals surface area contributed by atoms with E-state index in [1.54, 1.807) is 7.11 Å². The summed E-state index contributed by atoms with van der Waals surface area (Å²) in [6, 6.07) is 7.47. The van der Waals surface area contributed by atoms with Crippen molar-refractivity contribution in [1.82, 2.24) is 14.8 Å². The van der Waals surface area contributed by atoms with Gasteiger partial charge in [-0.25, -0.2) is 13.2 Å². The topological polar surface area (TPSA) is 78.3 Å². The largest absolute Gasteiger partial charge is 0.497 e. The van der Waals surface area contributed by atoms with Crippen molar-refractivity contribution < 1.29 is 32.9 Å². The molecule has 0 bridgehead atoms. The van der Waals surface area contributed by atoms with Crippen molar-refractivity contribution >= 4 is 10.9 Å². The number of hydrogen-bond acceptors (Lipinski definition) is 7. The Bertz CT molecular complexity index is 1450. The van der Waals surface area contributed by atoms with Gasteiger partial charge < -0.3 is 19.7 Å². The molecule has 0 aliphatic carbocycles. The highest BCUT2D eigenvalue weighted by Crippen LogP contribution is 2.40. The number of nitrogens with zero attached hydrogens (tertiary/aromatic N) is 3. The summed E-state index contributed by atoms with van der Waals surface area (Å²) in [5.41, 5.74) is 2.37. The first-order valence-electron chi connectivity index (χ1n) is 14.7. The molecule has 3 aromatic rings. The van der Waals surface area contributed by atoms with Gasteiger partial charge in [-0.2, -0.15) is 0 Å². The van der Waals surface area contributed by atoms with Gasteiger partial charge in [0.25, 0.3) is 0 Å². The van der Waals surface area contributed by atoms with Crippen molar-refractivity contribution in [2.24, 2.45) is 5.41 Å². The Labute approximate surface area is 250 Å². The minimum absolute atomic E-state index is 0.0128. The Balaban J connectivity index is 1.25. The van der Waals surface area contributed by atoms with Gasteiger partial charge in [0.05, 0.1) is 38.5 Å². The number of aliphatic hydroxyl groups excluding tert-OH is 2. The zero-order valence-corrected chi connectivity index (χ0v) is 24.4. The molecule has 3 heterocycles. The molecule has 0 spiro atoms. The Kier molecular flexibility index (Phi) is 10.2. The fraction of sp³-hybridized carbons (Fsp3) is 0.485. The molecule has 43 heavy (non-hydrogen) atoms. The molecule has 1 aromatic heterocycles. The van der Waals surface area contributed by atoms with E-state index < -0.39 is 23.6 Å². The molecule has 0 saturated carbocycles. The number of methoxy groups -OCH3 is 1. The zero-order valence-electron chi connectivity index (χ0n) is 24.4. The maximum absolute atomic E-state index is 13.5. The number of piperidine rings is 1. The minimum Gasteiger partial charge on any atom is -0.497 e. The standard InChI is InChI=1S/C33H38F3N3O4/c1-42-25-4-5-29-26(19-25)31(24(20-37-29)21-39-13-15-43-16-14-39)30(41)6-7-33(22-40)8-11-38(12-9-33)10-2-3-23-17-27(34)32(36)28(35)18-23/h4-5,17-20,30,40-41H,6-16,21-22H2,1H3/t30-/m1/s1. The Hall–Kier alpha value is -3.20. The number of fused-ring (bicyclic) bond motifs is 1. The van der Waals surface area contributed by atoms with Gasteiger partial charge in [-0.3, -0.25) is 14.8 Å². The summed E-state index contributed by atoms with van der Waals surface area (Å²) in [4.78, 5) is 9.10. The van der Waals surface area contributed by atoms with Gasteiger partial charge in [0.15, 0.2) is 17.5 Å². The van der Waals surface area contributed by atoms with Crippen LogP contribution in [0.25, 0.3) is 10.9 Å². The van der Waals surface area contributed by atoms with Crippen LogP contribution in [-0.2, 0) is 11.3 Å². The molecule has 1 atom stereocenters. The summed E-state index contributed by atoms with van der Waals surface area (Å²) in [6.07, 6.45) is 3.68. The van der Waals surface area contributed by atoms with Crippen LogP contribution >= 0.6 is 0 Å². The molecule has 5 rings (SSSR count). The number of morpholine rings is 1. The lowest BCUT2D eigenvalue weighted by Crippen LogP contribution is -2.42. The van der Waals surface area contributed by atoms with E-state index in [2.05, 4.69) is 26.6 Å². The monoisotopic (exact) mass is 597 g/mol. The number of aliphatic hydroxyl groups is 2. The van der Waals surface area contributed by atoms with Crippen LogP contribution in [0.2, 0.25) is 0 Å². The van der Waals surface area contributed by atoms with E-state index in [9.17, 15) is 23.4 Å². The maximum Gasteiger partial charge on any atom is 0.194 e. The molecule has 7 nitrogen and oxygen atoms in total. The highest BCUT2D eigenvalue weighted by molar-refractivity contribution is 5.85. The number of pyridine rings is 1. The fourth-order valence-corrected chi connectivity index (χ4v) is 6.02. The molecule has 10 heteroatoms. The number of hydrogen-bond donors (Lipinski definition) is 2. The van der Waals surface area contributed by atoms with E-state index in [-0.39, 0.29) is 17.6 Å². The lowest BCUT2D eigenvalue weighted by atomic mass is 9.74. The van der Waals surface area contributed by atoms with Gasteiger partial charge in [0.1, 0.15) is 5.75 Å². The molecular weight excluding hydrogens is 559 g/mol. The lowest BCUT2D eigenvalue weighted by molar-refractivity contribution is 0.0262. The number of benzene rings is 2. The molecule has 0 radical (unpaired) electrons. The van der Waals surface area contributed by atoms with Gasteiger partial charge in [-0.05, 0) is 85.6 Å². The van der Waals surface area contributed by atoms with Gasteiger partial charge in [0, 0.05) is 43.4 Å². The average molecular weight is 598 g/mol. The molecule has 2 saturated heterocycles. The first kappa shape index (κ1) is 31.2. The molecule has 0 unspecified atom stereocenters. The molecule has 2 fully saturated rings. The Morgan fingerprint density at radius 2 is 1.77 bits per heavy atom. The van der Waals surface area contributed by atoms with Gasteiger partial charge in [-0.1, -0.05) is 11.8 Å². The number of ether oxygens (including phenoxy) is 2. The minimum atomic E-state index is -1.50. The molecule has 0 amide bonds. The van der Waals surface area contributed by atoms with Crippen LogP contribution in [0.3, 0.4) is 0 Å². The highest BCUT2D eigenvalue weighted by Gasteiger charge is 2.34. The predicted molar refractivity (Wildman–Crippen MR) is 157 cm³/mol. The van der Waals surface area contributed by atoms with Crippen molar-refractivity contribution in [1.29, 1.82) is 0 Å². The van der Waals surface area contributed by atoms with E-state index in [1.165, 1.54) is 0 Å². The van der Waals surface area contributed by atoms with E-state index in [4.69, 9.17) is 9.47 Å². The van der Waals surface area contributed by atoms with Crippen molar-refractivity contribution in [2.45, 2.75) is 38.3 Å². The van der Waals surface area contributed by atoms with Crippen LogP contribution in [0.5, 0.6) is 5.75 Å². The third-order valence-electron chi connectivity index (χ3n) is 8.75. The van der Waals surface area contributed by atoms with Crippen LogP contribution in [0.15, 0.2) is 36.5 Å². The van der Waals surface area contributed by atoms with E-state index >= 15 is 0 Å². The van der Waals surface area contributed by atoms with E-state index in [0.717, 1.165) is 60.1 Å². The van der Waals surface area contributed by atoms with Crippen LogP contribution in [-0.4, -0.2) is 84.7 Å². The van der Waals surface area contributed by atoms with Crippen LogP contribution < -0.4 is 4.74 Å². The summed E-state index contributed by atoms with van der Waals surface area (Å²) < 4.78 is 51.1. The number of aromatic nitrogens is 1. The van der Waals surface area contributed by atoms with Crippen molar-refractivity contribution in [3.8, 4) is 17.6 Å². The number of halogens is 3. The summed E-state index contributed by atoms with van der Waals surface area (Å²) >= 11 is 0. The second-order valence-corrected chi connectivity index (χ2v) is 11.5. The van der Waals surface area contributed by atoms with E-state index in [0.29, 0.717) is 58.0 Å². The lowest BCUT2D eigenvalue weighted by Gasteiger charge is -2.40. The highest BCUT2D eigenvalue weighted by atomic mass is 19.2. The summed E-state index contributed by atoms with van der Waals surface area (Å²) in [6.45, 7) is 5.43. The normalized spacial score (nSPS) is 18.3. The molecule has 2 aromatic carbocycles. The fourth-order valence-electron chi connectivity index (χ4n) is 6.02. The van der Waals surface area contributed by atoms with E-state index in [1.807, 2.05) is 24.4 Å². The molecule has 2 aliphatic rings. The Morgan fingerprint density at radius 3 is 2.44 bits per heavy atom. The molecule has 230 valence electrons. The van der Waals surface area contributed by atoms with Gasteiger partial charge >= 0.3 is 0 Å².